The fourth-order valence-corrected chi connectivity index (χ4v) is 2.07. The molecule has 0 aliphatic rings. The Morgan fingerprint density at radius 3 is 2.90 bits per heavy atom. The highest BCUT2D eigenvalue weighted by Crippen LogP contribution is 2.30. The van der Waals surface area contributed by atoms with Crippen molar-refractivity contribution in [3.05, 3.63) is 46.3 Å². The van der Waals surface area contributed by atoms with Crippen molar-refractivity contribution in [2.24, 2.45) is 5.84 Å². The largest absolute Gasteiger partial charge is 0.497 e. The standard InChI is InChI=1S/C13H13BrN2O4/c1-18-9-2-3-11(10(14)6-9)20-7-8-4-5-19-12(8)13(17)16-15/h2-6H,7,15H2,1H3,(H,16,17). The van der Waals surface area contributed by atoms with Crippen LogP contribution in [0.5, 0.6) is 11.5 Å². The number of rotatable bonds is 5. The van der Waals surface area contributed by atoms with Crippen LogP contribution in [0.15, 0.2) is 39.4 Å². The molecule has 3 N–H and O–H groups in total. The van der Waals surface area contributed by atoms with Gasteiger partial charge in [-0.2, -0.15) is 0 Å². The van der Waals surface area contributed by atoms with E-state index in [1.807, 2.05) is 5.43 Å². The summed E-state index contributed by atoms with van der Waals surface area (Å²) in [6.07, 6.45) is 1.41. The van der Waals surface area contributed by atoms with Crippen LogP contribution in [0, 0.1) is 0 Å². The minimum absolute atomic E-state index is 0.136. The normalized spacial score (nSPS) is 10.2. The van der Waals surface area contributed by atoms with Crippen LogP contribution in [0.25, 0.3) is 0 Å². The van der Waals surface area contributed by atoms with Crippen molar-refractivity contribution in [2.45, 2.75) is 6.61 Å². The number of nitrogen functional groups attached to an aromatic ring is 1. The molecule has 2 rings (SSSR count). The monoisotopic (exact) mass is 340 g/mol. The Hall–Kier alpha value is -1.99. The SMILES string of the molecule is COc1ccc(OCc2ccoc2C(=O)NN)c(Br)c1. The molecule has 0 radical (unpaired) electrons. The number of furan rings is 1. The molecule has 0 spiro atoms. The first-order valence-corrected chi connectivity index (χ1v) is 6.48. The molecular weight excluding hydrogens is 328 g/mol. The molecule has 7 heteroatoms. The first-order valence-electron chi connectivity index (χ1n) is 5.69. The van der Waals surface area contributed by atoms with Crippen molar-refractivity contribution in [1.82, 2.24) is 5.43 Å². The van der Waals surface area contributed by atoms with Crippen molar-refractivity contribution >= 4 is 21.8 Å². The summed E-state index contributed by atoms with van der Waals surface area (Å²) in [4.78, 5) is 11.4. The Kier molecular flexibility index (Phi) is 4.65. The maximum absolute atomic E-state index is 11.4. The van der Waals surface area contributed by atoms with Gasteiger partial charge in [0.15, 0.2) is 5.76 Å². The second-order valence-electron chi connectivity index (χ2n) is 3.83. The zero-order valence-corrected chi connectivity index (χ0v) is 12.3. The summed E-state index contributed by atoms with van der Waals surface area (Å²) in [6.45, 7) is 0.185. The zero-order valence-electron chi connectivity index (χ0n) is 10.7. The predicted molar refractivity (Wildman–Crippen MR) is 75.4 cm³/mol. The van der Waals surface area contributed by atoms with E-state index < -0.39 is 5.91 Å². The van der Waals surface area contributed by atoms with E-state index in [1.165, 1.54) is 6.26 Å². The Bertz CT molecular complexity index is 612. The number of hydrogen-bond acceptors (Lipinski definition) is 5. The summed E-state index contributed by atoms with van der Waals surface area (Å²) in [7, 11) is 1.59. The quantitative estimate of drug-likeness (QED) is 0.495. The van der Waals surface area contributed by atoms with Gasteiger partial charge in [0.25, 0.3) is 0 Å². The molecule has 20 heavy (non-hydrogen) atoms. The number of hydrogen-bond donors (Lipinski definition) is 2. The van der Waals surface area contributed by atoms with Crippen molar-refractivity contribution in [3.8, 4) is 11.5 Å². The topological polar surface area (TPSA) is 86.7 Å². The lowest BCUT2D eigenvalue weighted by Gasteiger charge is -2.09. The van der Waals surface area contributed by atoms with E-state index in [9.17, 15) is 4.79 Å². The smallest absolute Gasteiger partial charge is 0.301 e. The lowest BCUT2D eigenvalue weighted by atomic mass is 10.2. The molecule has 0 saturated carbocycles. The molecule has 0 aliphatic carbocycles. The first-order chi connectivity index (χ1) is 9.65. The van der Waals surface area contributed by atoms with E-state index in [1.54, 1.807) is 31.4 Å². The summed E-state index contributed by atoms with van der Waals surface area (Å²) in [5, 5.41) is 0. The second kappa shape index (κ2) is 6.44. The number of nitrogens with two attached hydrogens (primary N) is 1. The molecule has 0 atom stereocenters. The van der Waals surface area contributed by atoms with Crippen LogP contribution in [0.3, 0.4) is 0 Å². The molecule has 106 valence electrons. The van der Waals surface area contributed by atoms with Crippen LogP contribution in [0.4, 0.5) is 0 Å². The van der Waals surface area contributed by atoms with Crippen molar-refractivity contribution in [3.63, 3.8) is 0 Å². The minimum Gasteiger partial charge on any atom is -0.497 e. The van der Waals surface area contributed by atoms with Crippen LogP contribution in [0.1, 0.15) is 16.1 Å². The molecule has 6 nitrogen and oxygen atoms in total. The van der Waals surface area contributed by atoms with Gasteiger partial charge in [0.05, 0.1) is 17.8 Å². The maximum atomic E-state index is 11.4. The van der Waals surface area contributed by atoms with Crippen LogP contribution in [-0.4, -0.2) is 13.0 Å². The number of methoxy groups -OCH3 is 1. The number of halogens is 1. The molecule has 0 saturated heterocycles. The maximum Gasteiger partial charge on any atom is 0.301 e. The minimum atomic E-state index is -0.498. The van der Waals surface area contributed by atoms with Crippen LogP contribution >= 0.6 is 15.9 Å². The van der Waals surface area contributed by atoms with Gasteiger partial charge in [0.1, 0.15) is 18.1 Å². The van der Waals surface area contributed by atoms with E-state index >= 15 is 0 Å². The molecule has 1 aromatic carbocycles. The van der Waals surface area contributed by atoms with Crippen LogP contribution < -0.4 is 20.7 Å². The van der Waals surface area contributed by atoms with Gasteiger partial charge in [-0.3, -0.25) is 10.2 Å². The number of ether oxygens (including phenoxy) is 2. The highest BCUT2D eigenvalue weighted by molar-refractivity contribution is 9.10. The number of carbonyl (C=O) groups is 1. The van der Waals surface area contributed by atoms with E-state index in [-0.39, 0.29) is 12.4 Å². The number of hydrazine groups is 1. The van der Waals surface area contributed by atoms with E-state index in [2.05, 4.69) is 15.9 Å². The number of carbonyl (C=O) groups excluding carboxylic acids is 1. The Morgan fingerprint density at radius 1 is 1.45 bits per heavy atom. The lowest BCUT2D eigenvalue weighted by Crippen LogP contribution is -2.30. The van der Waals surface area contributed by atoms with Crippen LogP contribution in [-0.2, 0) is 6.61 Å². The van der Waals surface area contributed by atoms with Crippen LogP contribution in [0.2, 0.25) is 0 Å². The molecule has 0 bridgehead atoms. The summed E-state index contributed by atoms with van der Waals surface area (Å²) in [6, 6.07) is 6.99. The third-order valence-electron chi connectivity index (χ3n) is 2.61. The molecule has 2 aromatic rings. The highest BCUT2D eigenvalue weighted by Gasteiger charge is 2.15. The Labute approximate surface area is 123 Å². The van der Waals surface area contributed by atoms with Gasteiger partial charge in [-0.15, -0.1) is 0 Å². The van der Waals surface area contributed by atoms with E-state index in [4.69, 9.17) is 19.7 Å². The first kappa shape index (κ1) is 14.4. The van der Waals surface area contributed by atoms with Gasteiger partial charge in [-0.05, 0) is 40.2 Å². The summed E-state index contributed by atoms with van der Waals surface area (Å²) >= 11 is 3.39. The van der Waals surface area contributed by atoms with Crippen molar-refractivity contribution < 1.29 is 18.7 Å². The van der Waals surface area contributed by atoms with Gasteiger partial charge in [0, 0.05) is 5.56 Å². The molecular formula is C13H13BrN2O4. The third kappa shape index (κ3) is 3.12. The van der Waals surface area contributed by atoms with Gasteiger partial charge in [-0.25, -0.2) is 5.84 Å². The molecule has 0 aliphatic heterocycles. The van der Waals surface area contributed by atoms with E-state index in [0.29, 0.717) is 11.3 Å². The van der Waals surface area contributed by atoms with Gasteiger partial charge in [-0.1, -0.05) is 0 Å². The third-order valence-corrected chi connectivity index (χ3v) is 3.23. The highest BCUT2D eigenvalue weighted by atomic mass is 79.9. The Morgan fingerprint density at radius 2 is 2.25 bits per heavy atom. The summed E-state index contributed by atoms with van der Waals surface area (Å²) in [5.74, 6) is 6.06. The average Bonchev–Trinajstić information content (AvgIpc) is 2.93. The van der Waals surface area contributed by atoms with Crippen molar-refractivity contribution in [1.29, 1.82) is 0 Å². The summed E-state index contributed by atoms with van der Waals surface area (Å²) in [5.41, 5.74) is 2.63. The average molecular weight is 341 g/mol. The number of amides is 1. The number of nitrogens with one attached hydrogen (secondary N) is 1. The fraction of sp³-hybridized carbons (Fsp3) is 0.154. The van der Waals surface area contributed by atoms with Gasteiger partial charge < -0.3 is 13.9 Å². The zero-order chi connectivity index (χ0) is 14.5. The molecule has 1 amide bonds. The molecule has 1 aromatic heterocycles. The molecule has 0 unspecified atom stereocenters. The predicted octanol–water partition coefficient (Wildman–Crippen LogP) is 2.23. The molecule has 0 fully saturated rings. The van der Waals surface area contributed by atoms with E-state index in [0.717, 1.165) is 10.2 Å². The van der Waals surface area contributed by atoms with Crippen molar-refractivity contribution in [2.75, 3.05) is 7.11 Å². The Balaban J connectivity index is 2.09. The van der Waals surface area contributed by atoms with Gasteiger partial charge in [0.2, 0.25) is 0 Å². The lowest BCUT2D eigenvalue weighted by molar-refractivity contribution is 0.0922. The second-order valence-corrected chi connectivity index (χ2v) is 4.69. The number of benzene rings is 1. The van der Waals surface area contributed by atoms with Gasteiger partial charge >= 0.3 is 5.91 Å². The fourth-order valence-electron chi connectivity index (χ4n) is 1.60. The molecule has 1 heterocycles. The summed E-state index contributed by atoms with van der Waals surface area (Å²) < 4.78 is 16.6.